The van der Waals surface area contributed by atoms with Gasteiger partial charge in [0.2, 0.25) is 0 Å². The molecular formula is C15H26N2O. The highest BCUT2D eigenvalue weighted by Crippen LogP contribution is 2.29. The van der Waals surface area contributed by atoms with E-state index in [-0.39, 0.29) is 0 Å². The second kappa shape index (κ2) is 5.89. The van der Waals surface area contributed by atoms with E-state index in [1.165, 1.54) is 18.4 Å². The lowest BCUT2D eigenvalue weighted by molar-refractivity contribution is 0.152. The molecule has 2 unspecified atom stereocenters. The minimum Gasteiger partial charge on any atom is -0.466 e. The zero-order valence-corrected chi connectivity index (χ0v) is 12.1. The summed E-state index contributed by atoms with van der Waals surface area (Å²) in [5.41, 5.74) is 1.35. The quantitative estimate of drug-likeness (QED) is 0.870. The third-order valence-electron chi connectivity index (χ3n) is 4.01. The van der Waals surface area contributed by atoms with Gasteiger partial charge in [-0.1, -0.05) is 6.92 Å². The summed E-state index contributed by atoms with van der Waals surface area (Å²) in [6.07, 6.45) is 2.47. The summed E-state index contributed by atoms with van der Waals surface area (Å²) in [4.78, 5) is 2.64. The van der Waals surface area contributed by atoms with Crippen LogP contribution in [0.1, 0.15) is 49.8 Å². The van der Waals surface area contributed by atoms with Gasteiger partial charge in [0.25, 0.3) is 0 Å². The first-order valence-electron chi connectivity index (χ1n) is 7.16. The fraction of sp³-hybridized carbons (Fsp3) is 0.733. The first-order chi connectivity index (χ1) is 8.63. The van der Waals surface area contributed by atoms with Gasteiger partial charge >= 0.3 is 0 Å². The van der Waals surface area contributed by atoms with Gasteiger partial charge < -0.3 is 9.73 Å². The Hall–Kier alpha value is -0.800. The van der Waals surface area contributed by atoms with E-state index in [4.69, 9.17) is 4.42 Å². The van der Waals surface area contributed by atoms with Gasteiger partial charge in [0.05, 0.1) is 0 Å². The molecule has 0 radical (unpaired) electrons. The van der Waals surface area contributed by atoms with Gasteiger partial charge in [-0.15, -0.1) is 0 Å². The highest BCUT2D eigenvalue weighted by Gasteiger charge is 2.28. The van der Waals surface area contributed by atoms with Crippen LogP contribution in [-0.2, 0) is 0 Å². The second-order valence-electron chi connectivity index (χ2n) is 5.43. The van der Waals surface area contributed by atoms with Gasteiger partial charge in [-0.2, -0.15) is 0 Å². The average molecular weight is 250 g/mol. The van der Waals surface area contributed by atoms with Gasteiger partial charge in [0, 0.05) is 24.2 Å². The molecule has 0 bridgehead atoms. The predicted molar refractivity (Wildman–Crippen MR) is 74.9 cm³/mol. The summed E-state index contributed by atoms with van der Waals surface area (Å²) in [6.45, 7) is 12.1. The van der Waals surface area contributed by atoms with Crippen molar-refractivity contribution in [1.29, 1.82) is 0 Å². The average Bonchev–Trinajstić information content (AvgIpc) is 2.95. The van der Waals surface area contributed by atoms with Crippen molar-refractivity contribution >= 4 is 0 Å². The lowest BCUT2D eigenvalue weighted by Gasteiger charge is -2.33. The van der Waals surface area contributed by atoms with Crippen LogP contribution in [0.2, 0.25) is 0 Å². The molecule has 3 nitrogen and oxygen atoms in total. The molecule has 1 fully saturated rings. The number of hydrogen-bond donors (Lipinski definition) is 1. The maximum absolute atomic E-state index is 5.68. The number of aryl methyl sites for hydroxylation is 2. The van der Waals surface area contributed by atoms with Gasteiger partial charge in [-0.05, 0) is 52.8 Å². The van der Waals surface area contributed by atoms with E-state index < -0.39 is 0 Å². The molecule has 2 heterocycles. The number of nitrogens with one attached hydrogen (secondary N) is 1. The van der Waals surface area contributed by atoms with Gasteiger partial charge in [-0.25, -0.2) is 0 Å². The minimum absolute atomic E-state index is 0.451. The number of hydrogen-bond acceptors (Lipinski definition) is 3. The van der Waals surface area contributed by atoms with Crippen LogP contribution in [0, 0.1) is 13.8 Å². The molecule has 1 saturated heterocycles. The van der Waals surface area contributed by atoms with Crippen molar-refractivity contribution in [3.8, 4) is 0 Å². The lowest BCUT2D eigenvalue weighted by atomic mass is 10.0. The van der Waals surface area contributed by atoms with Gasteiger partial charge in [0.15, 0.2) is 0 Å². The largest absolute Gasteiger partial charge is 0.466 e. The monoisotopic (exact) mass is 250 g/mol. The third-order valence-corrected chi connectivity index (χ3v) is 4.01. The summed E-state index contributed by atoms with van der Waals surface area (Å²) < 4.78 is 5.68. The molecule has 1 aliphatic rings. The first-order valence-corrected chi connectivity index (χ1v) is 7.16. The molecule has 1 aromatic heterocycles. The topological polar surface area (TPSA) is 28.4 Å². The Kier molecular flexibility index (Phi) is 4.46. The Morgan fingerprint density at radius 2 is 2.28 bits per heavy atom. The van der Waals surface area contributed by atoms with E-state index in [0.29, 0.717) is 12.1 Å². The first kappa shape index (κ1) is 13.6. The van der Waals surface area contributed by atoms with E-state index in [9.17, 15) is 0 Å². The fourth-order valence-corrected chi connectivity index (χ4v) is 3.12. The van der Waals surface area contributed by atoms with Crippen LogP contribution in [0.15, 0.2) is 10.5 Å². The summed E-state index contributed by atoms with van der Waals surface area (Å²) in [5.74, 6) is 2.10. The second-order valence-corrected chi connectivity index (χ2v) is 5.43. The molecular weight excluding hydrogens is 224 g/mol. The predicted octanol–water partition coefficient (Wildman–Crippen LogP) is 3.03. The van der Waals surface area contributed by atoms with Crippen molar-refractivity contribution in [2.75, 3.05) is 19.6 Å². The maximum Gasteiger partial charge on any atom is 0.105 e. The van der Waals surface area contributed by atoms with Gasteiger partial charge in [0.1, 0.15) is 11.5 Å². The zero-order chi connectivity index (χ0) is 13.1. The molecule has 2 rings (SSSR count). The van der Waals surface area contributed by atoms with Crippen LogP contribution in [0.4, 0.5) is 0 Å². The molecule has 1 N–H and O–H groups in total. The Morgan fingerprint density at radius 3 is 2.78 bits per heavy atom. The van der Waals surface area contributed by atoms with E-state index in [2.05, 4.69) is 37.1 Å². The molecule has 18 heavy (non-hydrogen) atoms. The highest BCUT2D eigenvalue weighted by atomic mass is 16.3. The Morgan fingerprint density at radius 1 is 1.50 bits per heavy atom. The molecule has 0 spiro atoms. The third kappa shape index (κ3) is 2.78. The zero-order valence-electron chi connectivity index (χ0n) is 12.1. The summed E-state index contributed by atoms with van der Waals surface area (Å²) in [6, 6.07) is 3.33. The van der Waals surface area contributed by atoms with Crippen molar-refractivity contribution in [1.82, 2.24) is 10.2 Å². The number of nitrogens with zero attached hydrogens (tertiary/aromatic N) is 1. The molecule has 2 atom stereocenters. The SMILES string of the molecule is CCCN(C1CCNC1)C(C)c1cc(C)oc1C. The number of rotatable bonds is 5. The Bertz CT molecular complexity index is 380. The van der Waals surface area contributed by atoms with Crippen LogP contribution in [0.5, 0.6) is 0 Å². The molecule has 3 heteroatoms. The summed E-state index contributed by atoms with van der Waals surface area (Å²) in [5, 5.41) is 3.47. The Balaban J connectivity index is 2.16. The Labute approximate surface area is 111 Å². The highest BCUT2D eigenvalue weighted by molar-refractivity contribution is 5.24. The minimum atomic E-state index is 0.451. The van der Waals surface area contributed by atoms with Gasteiger partial charge in [-0.3, -0.25) is 4.90 Å². The van der Waals surface area contributed by atoms with E-state index in [1.807, 2.05) is 6.92 Å². The van der Waals surface area contributed by atoms with Crippen LogP contribution >= 0.6 is 0 Å². The molecule has 0 amide bonds. The van der Waals surface area contributed by atoms with Crippen molar-refractivity contribution in [2.24, 2.45) is 0 Å². The van der Waals surface area contributed by atoms with Crippen LogP contribution in [-0.4, -0.2) is 30.6 Å². The molecule has 0 saturated carbocycles. The van der Waals surface area contributed by atoms with E-state index >= 15 is 0 Å². The normalized spacial score (nSPS) is 21.7. The van der Waals surface area contributed by atoms with Crippen molar-refractivity contribution in [3.05, 3.63) is 23.2 Å². The van der Waals surface area contributed by atoms with Crippen LogP contribution < -0.4 is 5.32 Å². The van der Waals surface area contributed by atoms with Crippen LogP contribution in [0.25, 0.3) is 0 Å². The summed E-state index contributed by atoms with van der Waals surface area (Å²) >= 11 is 0. The summed E-state index contributed by atoms with van der Waals surface area (Å²) in [7, 11) is 0. The standard InChI is InChI=1S/C15H26N2O/c1-5-8-17(14-6-7-16-10-14)12(3)15-9-11(2)18-13(15)4/h9,12,14,16H,5-8,10H2,1-4H3. The molecule has 1 aromatic rings. The van der Waals surface area contributed by atoms with Crippen molar-refractivity contribution < 1.29 is 4.42 Å². The molecule has 102 valence electrons. The fourth-order valence-electron chi connectivity index (χ4n) is 3.12. The van der Waals surface area contributed by atoms with Crippen molar-refractivity contribution in [3.63, 3.8) is 0 Å². The van der Waals surface area contributed by atoms with E-state index in [1.54, 1.807) is 0 Å². The number of furan rings is 1. The molecule has 1 aliphatic heterocycles. The van der Waals surface area contributed by atoms with Crippen LogP contribution in [0.3, 0.4) is 0 Å². The molecule has 0 aromatic carbocycles. The smallest absolute Gasteiger partial charge is 0.105 e. The lowest BCUT2D eigenvalue weighted by Crippen LogP contribution is -2.39. The van der Waals surface area contributed by atoms with Crippen molar-refractivity contribution in [2.45, 2.75) is 52.6 Å². The van der Waals surface area contributed by atoms with E-state index in [0.717, 1.165) is 31.2 Å². The molecule has 0 aliphatic carbocycles. The maximum atomic E-state index is 5.68.